The van der Waals surface area contributed by atoms with Gasteiger partial charge in [0, 0.05) is 17.8 Å². The fourth-order valence-electron chi connectivity index (χ4n) is 4.68. The molecule has 23 heavy (non-hydrogen) atoms. The fourth-order valence-corrected chi connectivity index (χ4v) is 4.68. The molecule has 0 radical (unpaired) electrons. The minimum Gasteiger partial charge on any atom is -0.345 e. The van der Waals surface area contributed by atoms with Crippen LogP contribution in [0.5, 0.6) is 0 Å². The highest BCUT2D eigenvalue weighted by Gasteiger charge is 2.45. The van der Waals surface area contributed by atoms with Crippen molar-refractivity contribution in [3.8, 4) is 0 Å². The summed E-state index contributed by atoms with van der Waals surface area (Å²) < 4.78 is 13.1. The van der Waals surface area contributed by atoms with Gasteiger partial charge in [0.2, 0.25) is 0 Å². The Morgan fingerprint density at radius 3 is 1.39 bits per heavy atom. The number of hydrogen-bond donors (Lipinski definition) is 0. The Balaban J connectivity index is 1.52. The number of ether oxygens (including phenoxy) is 2. The second-order valence-corrected chi connectivity index (χ2v) is 7.64. The monoisotopic (exact) mass is 314 g/mol. The lowest BCUT2D eigenvalue weighted by molar-refractivity contribution is -0.102. The second kappa shape index (κ2) is 7.36. The number of rotatable bonds is 3. The van der Waals surface area contributed by atoms with E-state index < -0.39 is 0 Å². The van der Waals surface area contributed by atoms with Gasteiger partial charge >= 0.3 is 0 Å². The van der Waals surface area contributed by atoms with Crippen LogP contribution in [0, 0.1) is 17.8 Å². The zero-order valence-electron chi connectivity index (χ0n) is 14.1. The summed E-state index contributed by atoms with van der Waals surface area (Å²) in [7, 11) is 0. The van der Waals surface area contributed by atoms with Crippen molar-refractivity contribution in [1.29, 1.82) is 0 Å². The van der Waals surface area contributed by atoms with Crippen LogP contribution in [0.15, 0.2) is 36.5 Å². The molecule has 0 amide bonds. The van der Waals surface area contributed by atoms with Crippen molar-refractivity contribution in [2.24, 2.45) is 17.8 Å². The lowest BCUT2D eigenvalue weighted by Gasteiger charge is -2.30. The van der Waals surface area contributed by atoms with Gasteiger partial charge in [-0.15, -0.1) is 0 Å². The van der Waals surface area contributed by atoms with Crippen LogP contribution in [0.2, 0.25) is 0 Å². The molecule has 0 aromatic heterocycles. The molecule has 5 atom stereocenters. The molecule has 3 unspecified atom stereocenters. The predicted octanol–water partition coefficient (Wildman–Crippen LogP) is 5.17. The van der Waals surface area contributed by atoms with Crippen molar-refractivity contribution in [1.82, 2.24) is 0 Å². The molecule has 126 valence electrons. The van der Waals surface area contributed by atoms with Crippen LogP contribution in [0.4, 0.5) is 0 Å². The molecule has 3 aliphatic carbocycles. The molecule has 2 heteroatoms. The van der Waals surface area contributed by atoms with Crippen molar-refractivity contribution < 1.29 is 9.47 Å². The molecule has 1 saturated heterocycles. The average molecular weight is 314 g/mol. The molecule has 1 heterocycles. The van der Waals surface area contributed by atoms with Gasteiger partial charge in [-0.2, -0.15) is 0 Å². The van der Waals surface area contributed by atoms with Gasteiger partial charge in [0.1, 0.15) is 0 Å². The molecule has 0 spiro atoms. The van der Waals surface area contributed by atoms with Gasteiger partial charge in [-0.25, -0.2) is 0 Å². The van der Waals surface area contributed by atoms with Gasteiger partial charge in [0.15, 0.2) is 6.29 Å². The molecular weight excluding hydrogens is 284 g/mol. The van der Waals surface area contributed by atoms with Crippen LogP contribution in [0.25, 0.3) is 0 Å². The molecule has 0 aromatic carbocycles. The maximum atomic E-state index is 6.55. The first kappa shape index (κ1) is 15.7. The van der Waals surface area contributed by atoms with E-state index in [1.807, 2.05) is 0 Å². The van der Waals surface area contributed by atoms with Crippen molar-refractivity contribution in [3.63, 3.8) is 0 Å². The molecule has 0 saturated carbocycles. The van der Waals surface area contributed by atoms with Crippen LogP contribution < -0.4 is 0 Å². The summed E-state index contributed by atoms with van der Waals surface area (Å²) >= 11 is 0. The molecule has 0 aromatic rings. The Bertz CT molecular complexity index is 446. The normalized spacial score (nSPS) is 43.8. The summed E-state index contributed by atoms with van der Waals surface area (Å²) in [6, 6.07) is 0. The molecule has 0 N–H and O–H groups in total. The minimum absolute atomic E-state index is 0.0211. The Kier molecular flexibility index (Phi) is 5.01. The van der Waals surface area contributed by atoms with Gasteiger partial charge in [-0.05, 0) is 57.8 Å². The van der Waals surface area contributed by atoms with E-state index in [0.717, 1.165) is 0 Å². The summed E-state index contributed by atoms with van der Waals surface area (Å²) in [5, 5.41) is 0. The molecule has 2 nitrogen and oxygen atoms in total. The molecule has 4 aliphatic rings. The van der Waals surface area contributed by atoms with E-state index in [4.69, 9.17) is 9.47 Å². The first-order valence-corrected chi connectivity index (χ1v) is 9.73. The SMILES string of the molecule is C1=CC(C2O[C@@H](C3C=CCCC3)[C@H](C3C=CCCC3)O2)CCC1. The highest BCUT2D eigenvalue weighted by Crippen LogP contribution is 2.40. The molecule has 1 aliphatic heterocycles. The molecular formula is C21H30O2. The lowest BCUT2D eigenvalue weighted by atomic mass is 9.81. The summed E-state index contributed by atoms with van der Waals surface area (Å²) in [6.07, 6.45) is 25.9. The topological polar surface area (TPSA) is 18.5 Å². The maximum absolute atomic E-state index is 6.55. The second-order valence-electron chi connectivity index (χ2n) is 7.64. The van der Waals surface area contributed by atoms with Crippen molar-refractivity contribution in [2.45, 2.75) is 76.3 Å². The van der Waals surface area contributed by atoms with E-state index in [-0.39, 0.29) is 18.5 Å². The average Bonchev–Trinajstić information content (AvgIpc) is 3.09. The van der Waals surface area contributed by atoms with E-state index in [1.165, 1.54) is 57.8 Å². The third-order valence-corrected chi connectivity index (χ3v) is 5.97. The van der Waals surface area contributed by atoms with Crippen LogP contribution in [0.3, 0.4) is 0 Å². The van der Waals surface area contributed by atoms with Gasteiger partial charge in [-0.1, -0.05) is 36.5 Å². The Labute approximate surface area is 140 Å². The first-order valence-electron chi connectivity index (χ1n) is 9.73. The van der Waals surface area contributed by atoms with Crippen LogP contribution in [0.1, 0.15) is 57.8 Å². The minimum atomic E-state index is -0.0211. The summed E-state index contributed by atoms with van der Waals surface area (Å²) in [5.41, 5.74) is 0. The molecule has 4 rings (SSSR count). The Morgan fingerprint density at radius 1 is 0.565 bits per heavy atom. The lowest BCUT2D eigenvalue weighted by Crippen LogP contribution is -2.36. The molecule has 0 bridgehead atoms. The predicted molar refractivity (Wildman–Crippen MR) is 93.0 cm³/mol. The summed E-state index contributed by atoms with van der Waals surface area (Å²) in [4.78, 5) is 0. The first-order chi connectivity index (χ1) is 11.4. The Morgan fingerprint density at radius 2 is 1.00 bits per heavy atom. The van der Waals surface area contributed by atoms with Gasteiger partial charge in [0.25, 0.3) is 0 Å². The zero-order valence-corrected chi connectivity index (χ0v) is 14.1. The largest absolute Gasteiger partial charge is 0.345 e. The third-order valence-electron chi connectivity index (χ3n) is 5.97. The van der Waals surface area contributed by atoms with Crippen molar-refractivity contribution in [2.75, 3.05) is 0 Å². The van der Waals surface area contributed by atoms with Gasteiger partial charge in [0.05, 0.1) is 12.2 Å². The number of hydrogen-bond acceptors (Lipinski definition) is 2. The van der Waals surface area contributed by atoms with Gasteiger partial charge in [-0.3, -0.25) is 0 Å². The zero-order chi connectivity index (χ0) is 15.5. The van der Waals surface area contributed by atoms with Crippen LogP contribution >= 0.6 is 0 Å². The van der Waals surface area contributed by atoms with E-state index in [2.05, 4.69) is 36.5 Å². The summed E-state index contributed by atoms with van der Waals surface area (Å²) in [5.74, 6) is 1.54. The standard InChI is InChI=1S/C21H30O2/c1-4-10-16(11-5-1)19-20(17-12-6-2-7-13-17)23-21(22-19)18-14-8-3-9-15-18/h4,6,8,10,12,14,16-21H,1-3,5,7,9,11,13,15H2/t16?,17?,18?,19-,20-,21?/m0/s1. The fraction of sp³-hybridized carbons (Fsp3) is 0.714. The third kappa shape index (κ3) is 3.49. The highest BCUT2D eigenvalue weighted by atomic mass is 16.7. The van der Waals surface area contributed by atoms with E-state index in [1.54, 1.807) is 0 Å². The van der Waals surface area contributed by atoms with Gasteiger partial charge < -0.3 is 9.47 Å². The quantitative estimate of drug-likeness (QED) is 0.669. The van der Waals surface area contributed by atoms with Crippen molar-refractivity contribution in [3.05, 3.63) is 36.5 Å². The van der Waals surface area contributed by atoms with E-state index in [0.29, 0.717) is 17.8 Å². The van der Waals surface area contributed by atoms with Crippen LogP contribution in [-0.4, -0.2) is 18.5 Å². The number of allylic oxidation sites excluding steroid dienone is 3. The Hall–Kier alpha value is -0.860. The molecule has 1 fully saturated rings. The van der Waals surface area contributed by atoms with Crippen molar-refractivity contribution >= 4 is 0 Å². The highest BCUT2D eigenvalue weighted by molar-refractivity contribution is 5.07. The smallest absolute Gasteiger partial charge is 0.164 e. The van der Waals surface area contributed by atoms with E-state index in [9.17, 15) is 0 Å². The summed E-state index contributed by atoms with van der Waals surface area (Å²) in [6.45, 7) is 0. The van der Waals surface area contributed by atoms with E-state index >= 15 is 0 Å². The maximum Gasteiger partial charge on any atom is 0.164 e. The van der Waals surface area contributed by atoms with Crippen LogP contribution in [-0.2, 0) is 9.47 Å².